The number of aromatic nitrogens is 3. The maximum atomic E-state index is 12.6. The van der Waals surface area contributed by atoms with E-state index in [-0.39, 0.29) is 13.1 Å². The molecule has 23 heavy (non-hydrogen) atoms. The lowest BCUT2D eigenvalue weighted by Crippen LogP contribution is -2.31. The molecule has 6 nitrogen and oxygen atoms in total. The summed E-state index contributed by atoms with van der Waals surface area (Å²) in [4.78, 5) is 23.5. The summed E-state index contributed by atoms with van der Waals surface area (Å²) in [5.41, 5.74) is -0.559. The van der Waals surface area contributed by atoms with Gasteiger partial charge in [0.25, 0.3) is 5.91 Å². The van der Waals surface area contributed by atoms with Crippen molar-refractivity contribution in [2.45, 2.75) is 12.7 Å². The van der Waals surface area contributed by atoms with E-state index in [4.69, 9.17) is 11.6 Å². The van der Waals surface area contributed by atoms with Crippen LogP contribution in [0.15, 0.2) is 29.1 Å². The molecule has 0 saturated heterocycles. The van der Waals surface area contributed by atoms with Crippen LogP contribution in [-0.4, -0.2) is 26.8 Å². The van der Waals surface area contributed by atoms with E-state index in [0.717, 1.165) is 7.05 Å². The molecule has 124 valence electrons. The number of nitrogens with one attached hydrogen (secondary N) is 1. The summed E-state index contributed by atoms with van der Waals surface area (Å²) in [6, 6.07) is 6.09. The Bertz CT molecular complexity index is 765. The van der Waals surface area contributed by atoms with Gasteiger partial charge >= 0.3 is 11.9 Å². The number of hydrogen-bond donors (Lipinski definition) is 1. The molecule has 1 aromatic heterocycles. The molecule has 2 rings (SSSR count). The van der Waals surface area contributed by atoms with Crippen molar-refractivity contribution < 1.29 is 18.0 Å². The second-order valence-electron chi connectivity index (χ2n) is 4.65. The van der Waals surface area contributed by atoms with Crippen LogP contribution < -0.4 is 11.0 Å². The number of nitrogens with zero attached hydrogens (tertiary/aromatic N) is 3. The molecule has 0 aliphatic heterocycles. The van der Waals surface area contributed by atoms with Gasteiger partial charge in [0.2, 0.25) is 5.82 Å². The zero-order valence-electron chi connectivity index (χ0n) is 11.9. The number of alkyl halides is 3. The molecular formula is C13H12ClF3N4O2. The number of benzene rings is 1. The predicted molar refractivity (Wildman–Crippen MR) is 76.3 cm³/mol. The molecular weight excluding hydrogens is 337 g/mol. The fraction of sp³-hybridized carbons (Fsp3) is 0.308. The normalized spacial score (nSPS) is 11.5. The van der Waals surface area contributed by atoms with Crippen LogP contribution in [0.2, 0.25) is 5.02 Å². The minimum atomic E-state index is -4.72. The van der Waals surface area contributed by atoms with Crippen molar-refractivity contribution in [1.29, 1.82) is 0 Å². The first-order chi connectivity index (χ1) is 10.7. The smallest absolute Gasteiger partial charge is 0.350 e. The Morgan fingerprint density at radius 2 is 1.91 bits per heavy atom. The molecule has 0 fully saturated rings. The molecule has 0 spiro atoms. The van der Waals surface area contributed by atoms with Crippen molar-refractivity contribution in [2.24, 2.45) is 7.05 Å². The Balaban J connectivity index is 2.01. The maximum Gasteiger partial charge on any atom is 0.451 e. The number of carbonyl (C=O) groups is 1. The monoisotopic (exact) mass is 348 g/mol. The minimum Gasteiger partial charge on any atom is -0.350 e. The molecule has 0 atom stereocenters. The Morgan fingerprint density at radius 1 is 1.30 bits per heavy atom. The molecule has 0 radical (unpaired) electrons. The quantitative estimate of drug-likeness (QED) is 0.914. The van der Waals surface area contributed by atoms with E-state index < -0.39 is 23.6 Å². The van der Waals surface area contributed by atoms with E-state index in [0.29, 0.717) is 19.8 Å². The van der Waals surface area contributed by atoms with Gasteiger partial charge in [-0.3, -0.25) is 9.36 Å². The summed E-state index contributed by atoms with van der Waals surface area (Å²) in [6.07, 6.45) is -4.72. The highest BCUT2D eigenvalue weighted by atomic mass is 35.5. The molecule has 0 bridgehead atoms. The van der Waals surface area contributed by atoms with E-state index in [1.165, 1.54) is 24.3 Å². The Morgan fingerprint density at radius 3 is 2.43 bits per heavy atom. The van der Waals surface area contributed by atoms with Gasteiger partial charge in [0.15, 0.2) is 0 Å². The summed E-state index contributed by atoms with van der Waals surface area (Å²) in [5, 5.41) is 6.20. The molecule has 1 N–H and O–H groups in total. The van der Waals surface area contributed by atoms with Crippen LogP contribution in [0, 0.1) is 0 Å². The first kappa shape index (κ1) is 17.1. The fourth-order valence-electron chi connectivity index (χ4n) is 1.86. The molecule has 10 heteroatoms. The average molecular weight is 349 g/mol. The first-order valence-corrected chi connectivity index (χ1v) is 6.82. The van der Waals surface area contributed by atoms with Crippen LogP contribution in [0.3, 0.4) is 0 Å². The van der Waals surface area contributed by atoms with Crippen LogP contribution in [-0.2, 0) is 19.8 Å². The van der Waals surface area contributed by atoms with Crippen molar-refractivity contribution >= 4 is 17.5 Å². The van der Waals surface area contributed by atoms with Crippen molar-refractivity contribution in [3.8, 4) is 0 Å². The van der Waals surface area contributed by atoms with Gasteiger partial charge in [0.05, 0.1) is 6.54 Å². The van der Waals surface area contributed by atoms with E-state index in [1.807, 2.05) is 0 Å². The van der Waals surface area contributed by atoms with Crippen LogP contribution >= 0.6 is 11.6 Å². The molecule has 2 aromatic rings. The molecule has 0 aliphatic carbocycles. The third kappa shape index (κ3) is 3.92. The average Bonchev–Trinajstić information content (AvgIpc) is 2.76. The molecule has 0 saturated carbocycles. The predicted octanol–water partition coefficient (Wildman–Crippen LogP) is 1.68. The standard InChI is InChI=1S/C13H12ClF3N4O2/c1-20-11(13(15,16)17)19-21(12(20)23)7-6-18-10(22)8-2-4-9(14)5-3-8/h2-5H,6-7H2,1H3,(H,18,22). The Labute approximate surface area is 133 Å². The van der Waals surface area contributed by atoms with Crippen LogP contribution in [0.25, 0.3) is 0 Å². The van der Waals surface area contributed by atoms with E-state index in [9.17, 15) is 22.8 Å². The van der Waals surface area contributed by atoms with Gasteiger partial charge in [0.1, 0.15) is 0 Å². The summed E-state index contributed by atoms with van der Waals surface area (Å²) in [6.45, 7) is -0.224. The van der Waals surface area contributed by atoms with Gasteiger partial charge in [-0.2, -0.15) is 13.2 Å². The maximum absolute atomic E-state index is 12.6. The highest BCUT2D eigenvalue weighted by Crippen LogP contribution is 2.25. The SMILES string of the molecule is Cn1c(C(F)(F)F)nn(CCNC(=O)c2ccc(Cl)cc2)c1=O. The van der Waals surface area contributed by atoms with Gasteiger partial charge < -0.3 is 5.32 Å². The number of carbonyl (C=O) groups excluding carboxylic acids is 1. The first-order valence-electron chi connectivity index (χ1n) is 6.45. The van der Waals surface area contributed by atoms with Crippen molar-refractivity contribution in [3.05, 3.63) is 51.2 Å². The number of rotatable bonds is 4. The van der Waals surface area contributed by atoms with Crippen molar-refractivity contribution in [2.75, 3.05) is 6.54 Å². The van der Waals surface area contributed by atoms with Crippen LogP contribution in [0.5, 0.6) is 0 Å². The number of hydrogen-bond acceptors (Lipinski definition) is 3. The van der Waals surface area contributed by atoms with Crippen molar-refractivity contribution in [1.82, 2.24) is 19.7 Å². The van der Waals surface area contributed by atoms with Gasteiger partial charge in [-0.1, -0.05) is 11.6 Å². The zero-order chi connectivity index (χ0) is 17.2. The lowest BCUT2D eigenvalue weighted by atomic mass is 10.2. The largest absolute Gasteiger partial charge is 0.451 e. The fourth-order valence-corrected chi connectivity index (χ4v) is 1.99. The van der Waals surface area contributed by atoms with Gasteiger partial charge in [-0.25, -0.2) is 9.48 Å². The molecule has 1 heterocycles. The summed E-state index contributed by atoms with van der Waals surface area (Å²) >= 11 is 5.70. The molecule has 0 aliphatic rings. The summed E-state index contributed by atoms with van der Waals surface area (Å²) < 4.78 is 39.0. The lowest BCUT2D eigenvalue weighted by Gasteiger charge is -2.05. The van der Waals surface area contributed by atoms with E-state index in [2.05, 4.69) is 10.4 Å². The zero-order valence-corrected chi connectivity index (χ0v) is 12.6. The van der Waals surface area contributed by atoms with E-state index in [1.54, 1.807) is 0 Å². The topological polar surface area (TPSA) is 68.9 Å². The summed E-state index contributed by atoms with van der Waals surface area (Å²) in [5.74, 6) is -1.71. The summed E-state index contributed by atoms with van der Waals surface area (Å²) in [7, 11) is 0.987. The van der Waals surface area contributed by atoms with Gasteiger partial charge in [0, 0.05) is 24.2 Å². The highest BCUT2D eigenvalue weighted by Gasteiger charge is 2.37. The molecule has 0 unspecified atom stereocenters. The highest BCUT2D eigenvalue weighted by molar-refractivity contribution is 6.30. The minimum absolute atomic E-state index is 0.0460. The molecule has 1 aromatic carbocycles. The third-order valence-electron chi connectivity index (χ3n) is 3.01. The Hall–Kier alpha value is -2.29. The number of amides is 1. The molecule has 1 amide bonds. The third-order valence-corrected chi connectivity index (χ3v) is 3.26. The second-order valence-corrected chi connectivity index (χ2v) is 5.09. The number of halogens is 4. The lowest BCUT2D eigenvalue weighted by molar-refractivity contribution is -0.147. The van der Waals surface area contributed by atoms with Crippen LogP contribution in [0.4, 0.5) is 13.2 Å². The second kappa shape index (κ2) is 6.45. The van der Waals surface area contributed by atoms with Crippen LogP contribution in [0.1, 0.15) is 16.2 Å². The van der Waals surface area contributed by atoms with Crippen molar-refractivity contribution in [3.63, 3.8) is 0 Å². The van der Waals surface area contributed by atoms with Gasteiger partial charge in [-0.15, -0.1) is 5.10 Å². The van der Waals surface area contributed by atoms with Gasteiger partial charge in [-0.05, 0) is 24.3 Å². The van der Waals surface area contributed by atoms with E-state index >= 15 is 0 Å². The Kier molecular flexibility index (Phi) is 4.79.